The number of benzene rings is 2. The minimum absolute atomic E-state index is 0.0422. The maximum Gasteiger partial charge on any atom is 0.251 e. The summed E-state index contributed by atoms with van der Waals surface area (Å²) in [5, 5.41) is 3.11. The van der Waals surface area contributed by atoms with Crippen molar-refractivity contribution in [2.45, 2.75) is 19.9 Å². The van der Waals surface area contributed by atoms with Gasteiger partial charge in [0.1, 0.15) is 11.6 Å². The maximum absolute atomic E-state index is 13.2. The van der Waals surface area contributed by atoms with Gasteiger partial charge in [-0.25, -0.2) is 4.39 Å². The number of carbonyl (C=O) groups is 1. The van der Waals surface area contributed by atoms with Crippen molar-refractivity contribution in [1.82, 2.24) is 10.2 Å². The summed E-state index contributed by atoms with van der Waals surface area (Å²) in [5.74, 6) is 0.555. The normalized spacial score (nSPS) is 15.6. The molecule has 1 aliphatic heterocycles. The van der Waals surface area contributed by atoms with Gasteiger partial charge >= 0.3 is 0 Å². The van der Waals surface area contributed by atoms with Crippen LogP contribution in [-0.4, -0.2) is 43.5 Å². The van der Waals surface area contributed by atoms with Crippen molar-refractivity contribution < 1.29 is 13.6 Å². The molecule has 0 saturated carbocycles. The second kappa shape index (κ2) is 9.35. The van der Waals surface area contributed by atoms with E-state index >= 15 is 0 Å². The zero-order chi connectivity index (χ0) is 21.8. The number of aryl methyl sites for hydroxylation is 2. The van der Waals surface area contributed by atoms with E-state index in [9.17, 15) is 9.18 Å². The van der Waals surface area contributed by atoms with Crippen molar-refractivity contribution in [2.24, 2.45) is 0 Å². The minimum atomic E-state index is -0.222. The molecule has 1 saturated heterocycles. The summed E-state index contributed by atoms with van der Waals surface area (Å²) in [6.45, 7) is 7.71. The van der Waals surface area contributed by atoms with E-state index in [0.717, 1.165) is 48.8 Å². The van der Waals surface area contributed by atoms with E-state index in [2.05, 4.69) is 15.1 Å². The molecule has 1 amide bonds. The highest BCUT2D eigenvalue weighted by atomic mass is 19.1. The van der Waals surface area contributed by atoms with Crippen LogP contribution in [-0.2, 0) is 0 Å². The summed E-state index contributed by atoms with van der Waals surface area (Å²) in [6, 6.07) is 16.3. The zero-order valence-electron chi connectivity index (χ0n) is 18.0. The first-order chi connectivity index (χ1) is 15.0. The molecule has 0 bridgehead atoms. The van der Waals surface area contributed by atoms with Gasteiger partial charge in [0.2, 0.25) is 0 Å². The summed E-state index contributed by atoms with van der Waals surface area (Å²) in [6.07, 6.45) is 1.67. The lowest BCUT2D eigenvalue weighted by molar-refractivity contribution is 0.0922. The Labute approximate surface area is 182 Å². The molecule has 0 radical (unpaired) electrons. The maximum atomic E-state index is 13.2. The van der Waals surface area contributed by atoms with Gasteiger partial charge in [0.05, 0.1) is 12.3 Å². The molecule has 1 N–H and O–H groups in total. The number of amides is 1. The quantitative estimate of drug-likeness (QED) is 0.644. The Hall–Kier alpha value is -3.12. The molecule has 4 rings (SSSR count). The number of furan rings is 1. The van der Waals surface area contributed by atoms with Gasteiger partial charge in [-0.05, 0) is 61.9 Å². The monoisotopic (exact) mass is 421 g/mol. The van der Waals surface area contributed by atoms with Crippen LogP contribution in [0.1, 0.15) is 33.3 Å². The average molecular weight is 422 g/mol. The Balaban J connectivity index is 1.42. The van der Waals surface area contributed by atoms with Gasteiger partial charge in [0.25, 0.3) is 5.91 Å². The van der Waals surface area contributed by atoms with E-state index in [1.165, 1.54) is 12.1 Å². The van der Waals surface area contributed by atoms with Crippen molar-refractivity contribution in [3.05, 3.63) is 89.1 Å². The van der Waals surface area contributed by atoms with Crippen LogP contribution in [0, 0.1) is 19.7 Å². The van der Waals surface area contributed by atoms with Crippen LogP contribution in [0.15, 0.2) is 65.3 Å². The molecule has 5 nitrogen and oxygen atoms in total. The SMILES string of the molecule is Cc1ccc(C)c(C(=O)NCC(c2ccco2)N2CCN(c3ccc(F)cc3)CC2)c1. The smallest absolute Gasteiger partial charge is 0.251 e. The van der Waals surface area contributed by atoms with Gasteiger partial charge in [0.15, 0.2) is 0 Å². The lowest BCUT2D eigenvalue weighted by Gasteiger charge is -2.39. The van der Waals surface area contributed by atoms with Crippen molar-refractivity contribution in [1.29, 1.82) is 0 Å². The van der Waals surface area contributed by atoms with E-state index in [1.807, 2.05) is 56.3 Å². The number of piperazine rings is 1. The van der Waals surface area contributed by atoms with Gasteiger partial charge < -0.3 is 14.6 Å². The van der Waals surface area contributed by atoms with Gasteiger partial charge in [-0.3, -0.25) is 9.69 Å². The van der Waals surface area contributed by atoms with Crippen molar-refractivity contribution in [2.75, 3.05) is 37.6 Å². The fraction of sp³-hybridized carbons (Fsp3) is 0.320. The third-order valence-corrected chi connectivity index (χ3v) is 5.91. The predicted molar refractivity (Wildman–Crippen MR) is 120 cm³/mol. The summed E-state index contributed by atoms with van der Waals surface area (Å²) in [7, 11) is 0. The van der Waals surface area contributed by atoms with Gasteiger partial charge in [-0.2, -0.15) is 0 Å². The first-order valence-electron chi connectivity index (χ1n) is 10.6. The van der Waals surface area contributed by atoms with E-state index in [1.54, 1.807) is 6.26 Å². The number of carbonyl (C=O) groups excluding carboxylic acids is 1. The van der Waals surface area contributed by atoms with Crippen LogP contribution >= 0.6 is 0 Å². The molecule has 1 unspecified atom stereocenters. The average Bonchev–Trinajstić information content (AvgIpc) is 3.31. The molecule has 0 aliphatic carbocycles. The number of anilines is 1. The van der Waals surface area contributed by atoms with Gasteiger partial charge in [-0.15, -0.1) is 0 Å². The van der Waals surface area contributed by atoms with E-state index < -0.39 is 0 Å². The standard InChI is InChI=1S/C25H28FN3O2/c1-18-5-6-19(2)22(16-18)25(30)27-17-23(24-4-3-15-31-24)29-13-11-28(12-14-29)21-9-7-20(26)8-10-21/h3-10,15-16,23H,11-14,17H2,1-2H3,(H,27,30). The molecule has 31 heavy (non-hydrogen) atoms. The molecule has 2 aromatic carbocycles. The number of nitrogens with zero attached hydrogens (tertiary/aromatic N) is 2. The highest BCUT2D eigenvalue weighted by Crippen LogP contribution is 2.25. The summed E-state index contributed by atoms with van der Waals surface area (Å²) < 4.78 is 18.9. The van der Waals surface area contributed by atoms with Gasteiger partial charge in [-0.1, -0.05) is 17.7 Å². The van der Waals surface area contributed by atoms with Crippen LogP contribution < -0.4 is 10.2 Å². The van der Waals surface area contributed by atoms with Crippen LogP contribution in [0.5, 0.6) is 0 Å². The Morgan fingerprint density at radius 3 is 2.48 bits per heavy atom. The molecular weight excluding hydrogens is 393 g/mol. The Morgan fingerprint density at radius 1 is 1.06 bits per heavy atom. The molecule has 162 valence electrons. The minimum Gasteiger partial charge on any atom is -0.468 e. The van der Waals surface area contributed by atoms with E-state index in [0.29, 0.717) is 12.1 Å². The van der Waals surface area contributed by atoms with Crippen molar-refractivity contribution in [3.8, 4) is 0 Å². The van der Waals surface area contributed by atoms with Crippen LogP contribution in [0.3, 0.4) is 0 Å². The van der Waals surface area contributed by atoms with Crippen LogP contribution in [0.2, 0.25) is 0 Å². The van der Waals surface area contributed by atoms with Crippen molar-refractivity contribution >= 4 is 11.6 Å². The summed E-state index contributed by atoms with van der Waals surface area (Å²) >= 11 is 0. The molecule has 1 fully saturated rings. The summed E-state index contributed by atoms with van der Waals surface area (Å²) in [4.78, 5) is 17.4. The highest BCUT2D eigenvalue weighted by Gasteiger charge is 2.27. The lowest BCUT2D eigenvalue weighted by Crippen LogP contribution is -2.49. The molecular formula is C25H28FN3O2. The molecule has 2 heterocycles. The fourth-order valence-corrected chi connectivity index (χ4v) is 4.10. The predicted octanol–water partition coefficient (Wildman–Crippen LogP) is 4.33. The number of hydrogen-bond donors (Lipinski definition) is 1. The zero-order valence-corrected chi connectivity index (χ0v) is 18.0. The van der Waals surface area contributed by atoms with Crippen LogP contribution in [0.4, 0.5) is 10.1 Å². The lowest BCUT2D eigenvalue weighted by atomic mass is 10.0. The van der Waals surface area contributed by atoms with Gasteiger partial charge in [0, 0.05) is 44.0 Å². The third kappa shape index (κ3) is 4.97. The van der Waals surface area contributed by atoms with E-state index in [-0.39, 0.29) is 17.8 Å². The highest BCUT2D eigenvalue weighted by molar-refractivity contribution is 5.95. The molecule has 3 aromatic rings. The number of rotatable bonds is 6. The molecule has 1 aliphatic rings. The topological polar surface area (TPSA) is 48.7 Å². The fourth-order valence-electron chi connectivity index (χ4n) is 4.10. The molecule has 0 spiro atoms. The Morgan fingerprint density at radius 2 is 1.81 bits per heavy atom. The first-order valence-corrected chi connectivity index (χ1v) is 10.6. The Kier molecular flexibility index (Phi) is 6.37. The van der Waals surface area contributed by atoms with Crippen molar-refractivity contribution in [3.63, 3.8) is 0 Å². The third-order valence-electron chi connectivity index (χ3n) is 5.91. The first kappa shape index (κ1) is 21.1. The summed E-state index contributed by atoms with van der Waals surface area (Å²) in [5.41, 5.74) is 3.76. The number of nitrogens with one attached hydrogen (secondary N) is 1. The molecule has 6 heteroatoms. The second-order valence-electron chi connectivity index (χ2n) is 8.06. The Bertz CT molecular complexity index is 1010. The largest absolute Gasteiger partial charge is 0.468 e. The van der Waals surface area contributed by atoms with E-state index in [4.69, 9.17) is 4.42 Å². The number of halogens is 1. The van der Waals surface area contributed by atoms with Crippen LogP contribution in [0.25, 0.3) is 0 Å². The molecule has 1 atom stereocenters. The second-order valence-corrected chi connectivity index (χ2v) is 8.06. The number of hydrogen-bond acceptors (Lipinski definition) is 4. The molecule has 1 aromatic heterocycles.